The highest BCUT2D eigenvalue weighted by Gasteiger charge is 2.39. The number of ether oxygens (including phenoxy) is 1. The Morgan fingerprint density at radius 2 is 2.64 bits per heavy atom. The van der Waals surface area contributed by atoms with Crippen LogP contribution >= 0.6 is 0 Å². The minimum atomic E-state index is -0.574. The van der Waals surface area contributed by atoms with E-state index < -0.39 is 6.10 Å². The summed E-state index contributed by atoms with van der Waals surface area (Å²) in [5.74, 6) is -0.0303. The normalized spacial score (nSPS) is 39.3. The average molecular weight is 161 g/mol. The van der Waals surface area contributed by atoms with Gasteiger partial charge in [-0.2, -0.15) is 0 Å². The van der Waals surface area contributed by atoms with Crippen molar-refractivity contribution in [3.05, 3.63) is 0 Å². The highest BCUT2D eigenvalue weighted by Crippen LogP contribution is 2.15. The van der Waals surface area contributed by atoms with E-state index in [1.165, 1.54) is 0 Å². The Labute approximate surface area is 67.0 Å². The monoisotopic (exact) mass is 161 g/mol. The van der Waals surface area contributed by atoms with E-state index in [0.717, 1.165) is 0 Å². The van der Waals surface area contributed by atoms with Crippen molar-refractivity contribution in [3.8, 4) is 0 Å². The van der Waals surface area contributed by atoms with E-state index >= 15 is 0 Å². The number of Topliss-reactive ketones (excluding diaryl/α,β-unsaturated/α-hetero) is 1. The number of aliphatic hydroxyl groups is 1. The lowest BCUT2D eigenvalue weighted by Gasteiger charge is -2.09. The van der Waals surface area contributed by atoms with Gasteiger partial charge in [0.1, 0.15) is 6.10 Å². The van der Waals surface area contributed by atoms with Crippen LogP contribution in [0.5, 0.6) is 0 Å². The third-order valence-corrected chi connectivity index (χ3v) is 1.93. The first-order chi connectivity index (χ1) is 5.70. The van der Waals surface area contributed by atoms with Gasteiger partial charge in [-0.05, 0) is 14.0 Å². The molecule has 3 atom stereocenters. The van der Waals surface area contributed by atoms with Crippen LogP contribution in [0.1, 0.15) is 6.92 Å². The van der Waals surface area contributed by atoms with E-state index in [1.54, 1.807) is 7.05 Å². The van der Waals surface area contributed by atoms with Crippen LogP contribution in [0.3, 0.4) is 0 Å². The summed E-state index contributed by atoms with van der Waals surface area (Å²) in [5.41, 5.74) is 0. The second-order valence-corrected chi connectivity index (χ2v) is 2.67. The molecule has 0 radical (unpaired) electrons. The molecule has 0 saturated carbocycles. The van der Waals surface area contributed by atoms with Gasteiger partial charge < -0.3 is 15.2 Å². The van der Waals surface area contributed by atoms with E-state index in [9.17, 15) is 4.79 Å². The molecule has 1 aliphatic heterocycles. The van der Waals surface area contributed by atoms with Crippen molar-refractivity contribution in [2.75, 3.05) is 13.7 Å². The number of aliphatic hydroxyl groups excluding tert-OH is 1. The molecule has 1 fully saturated rings. The number of rotatable bonds is 3. The molecule has 0 aliphatic carbocycles. The van der Waals surface area contributed by atoms with Gasteiger partial charge in [-0.3, -0.25) is 4.79 Å². The van der Waals surface area contributed by atoms with Crippen LogP contribution in [0.15, 0.2) is 0 Å². The number of carbonyl (C=O) groups is 1. The minimum absolute atomic E-state index is 0.0152. The van der Waals surface area contributed by atoms with Crippen molar-refractivity contribution in [2.45, 2.75) is 25.2 Å². The Morgan fingerprint density at radius 3 is 3.09 bits per heavy atom. The zero-order valence-electron chi connectivity index (χ0n) is 7.66. The molecule has 0 spiro atoms. The molecule has 64 valence electrons. The minimum Gasteiger partial charge on any atom is -0.393 e. The highest BCUT2D eigenvalue weighted by atomic mass is 16.5. The lowest BCUT2D eigenvalue weighted by Crippen LogP contribution is -2.38. The molecule has 1 heterocycles. The van der Waals surface area contributed by atoms with Crippen LogP contribution in [-0.2, 0) is 9.53 Å². The summed E-state index contributed by atoms with van der Waals surface area (Å²) in [6.45, 7) is 1.84. The summed E-state index contributed by atoms with van der Waals surface area (Å²) in [6, 6.07) is -0.259. The fourth-order valence-electron chi connectivity index (χ4n) is 1.33. The van der Waals surface area contributed by atoms with Crippen molar-refractivity contribution in [1.29, 1.82) is 1.43 Å². The summed E-state index contributed by atoms with van der Waals surface area (Å²) in [6.07, 6.45) is -0.711. The second kappa shape index (κ2) is 3.30. The summed E-state index contributed by atoms with van der Waals surface area (Å²) in [4.78, 5) is 11.4. The van der Waals surface area contributed by atoms with Crippen LogP contribution in [0.25, 0.3) is 0 Å². The van der Waals surface area contributed by atoms with Crippen molar-refractivity contribution in [2.24, 2.45) is 0 Å². The van der Waals surface area contributed by atoms with E-state index in [-0.39, 0.29) is 24.5 Å². The van der Waals surface area contributed by atoms with Gasteiger partial charge >= 0.3 is 0 Å². The summed E-state index contributed by atoms with van der Waals surface area (Å²) < 4.78 is 11.8. The van der Waals surface area contributed by atoms with Gasteiger partial charge in [0.15, 0.2) is 5.78 Å². The number of hydrogen-bond acceptors (Lipinski definition) is 4. The summed E-state index contributed by atoms with van der Waals surface area (Å²) >= 11 is 0. The third-order valence-electron chi connectivity index (χ3n) is 1.93. The van der Waals surface area contributed by atoms with Crippen molar-refractivity contribution in [3.63, 3.8) is 0 Å². The van der Waals surface area contributed by atoms with Gasteiger partial charge in [-0.25, -0.2) is 0 Å². The van der Waals surface area contributed by atoms with Crippen LogP contribution < -0.4 is 5.32 Å². The maximum atomic E-state index is 11.4. The summed E-state index contributed by atoms with van der Waals surface area (Å²) in [5, 5.41) is 6.97. The Kier molecular flexibility index (Phi) is 2.16. The number of ketones is 1. The molecule has 2 N–H and O–H groups in total. The van der Waals surface area contributed by atoms with Crippen LogP contribution in [0, 0.1) is 0 Å². The fourth-order valence-corrected chi connectivity index (χ4v) is 1.33. The maximum Gasteiger partial charge on any atom is 0.210 e. The molecule has 1 aliphatic rings. The van der Waals surface area contributed by atoms with Crippen LogP contribution in [-0.4, -0.2) is 44.2 Å². The van der Waals surface area contributed by atoms with E-state index in [1.807, 2.05) is 6.92 Å². The third kappa shape index (κ3) is 1.42. The molecule has 4 nitrogen and oxygen atoms in total. The molecule has 11 heavy (non-hydrogen) atoms. The standard InChI is InChI=1S/C7H13NO3/c1-4-6(8-2)7(10)5(3-9)11-4/h4-6,8-9H,3H2,1-2H3/t4-,5-,6+/m1/s1/i9T. The Bertz CT molecular complexity index is 176. The topological polar surface area (TPSA) is 58.6 Å². The first-order valence-electron chi connectivity index (χ1n) is 4.06. The zero-order valence-corrected chi connectivity index (χ0v) is 6.66. The van der Waals surface area contributed by atoms with Gasteiger partial charge in [-0.1, -0.05) is 0 Å². The molecule has 4 heteroatoms. The molecular weight excluding hydrogens is 146 g/mol. The van der Waals surface area contributed by atoms with E-state index in [0.29, 0.717) is 0 Å². The molecule has 0 aromatic carbocycles. The number of carbonyl (C=O) groups excluding carboxylic acids is 1. The van der Waals surface area contributed by atoms with Crippen molar-refractivity contribution in [1.82, 2.24) is 5.32 Å². The van der Waals surface area contributed by atoms with Gasteiger partial charge in [0.2, 0.25) is 1.43 Å². The largest absolute Gasteiger partial charge is 0.393 e. The molecule has 1 saturated heterocycles. The highest BCUT2D eigenvalue weighted by molar-refractivity contribution is 5.90. The van der Waals surface area contributed by atoms with Gasteiger partial charge in [-0.15, -0.1) is 0 Å². The first kappa shape index (κ1) is 7.21. The predicted octanol–water partition coefficient (Wildman–Crippen LogP) is -1.08. The number of nitrogens with one attached hydrogen (secondary N) is 1. The van der Waals surface area contributed by atoms with Crippen molar-refractivity contribution >= 4 is 5.78 Å². The van der Waals surface area contributed by atoms with Gasteiger partial charge in [0.05, 0.1) is 18.8 Å². The van der Waals surface area contributed by atoms with Gasteiger partial charge in [0.25, 0.3) is 0 Å². The Balaban J connectivity index is 2.56. The molecule has 0 aromatic heterocycles. The predicted molar refractivity (Wildman–Crippen MR) is 39.3 cm³/mol. The van der Waals surface area contributed by atoms with E-state index in [4.69, 9.17) is 6.17 Å². The SMILES string of the molecule is [3H]OC[C@H]1O[C@H](C)[C@H](NC)C1=O. The molecule has 1 rings (SSSR count). The number of likely N-dealkylation sites (N-methyl/N-ethyl adjacent to an activating group) is 1. The van der Waals surface area contributed by atoms with Crippen LogP contribution in [0.4, 0.5) is 0 Å². The zero-order chi connectivity index (χ0) is 9.14. The lowest BCUT2D eigenvalue weighted by molar-refractivity contribution is -0.125. The van der Waals surface area contributed by atoms with Crippen LogP contribution in [0.2, 0.25) is 0 Å². The fraction of sp³-hybridized carbons (Fsp3) is 0.857. The molecule has 0 unspecified atom stereocenters. The number of hydrogen-bond donors (Lipinski definition) is 2. The van der Waals surface area contributed by atoms with Gasteiger partial charge in [0, 0.05) is 0 Å². The second-order valence-electron chi connectivity index (χ2n) is 2.67. The average Bonchev–Trinajstić information content (AvgIpc) is 2.29. The maximum absolute atomic E-state index is 11.4. The Hall–Kier alpha value is -0.450. The molecule has 0 amide bonds. The van der Waals surface area contributed by atoms with E-state index in [2.05, 4.69) is 10.4 Å². The Morgan fingerprint density at radius 1 is 1.91 bits per heavy atom. The first-order valence-corrected chi connectivity index (χ1v) is 3.65. The van der Waals surface area contributed by atoms with Crippen molar-refractivity contribution < 1.29 is 14.6 Å². The molecular formula is C7H13NO3. The quantitative estimate of drug-likeness (QED) is 0.553. The molecule has 0 aromatic rings. The smallest absolute Gasteiger partial charge is 0.210 e. The lowest BCUT2D eigenvalue weighted by atomic mass is 10.1. The summed E-state index contributed by atoms with van der Waals surface area (Å²) in [7, 11) is 1.71. The molecule has 0 bridgehead atoms.